The molecule has 2 heterocycles. The lowest BCUT2D eigenvalue weighted by Gasteiger charge is -2.14. The molecule has 1 aliphatic heterocycles. The number of carbonyl (C=O) groups is 1. The highest BCUT2D eigenvalue weighted by Gasteiger charge is 2.19. The SMILES string of the molecule is CC(C)c1ccc(-c2nnc(NC(=O)c3ccccc3OCC3CCCO3)s2)cc1. The Morgan fingerprint density at radius 3 is 2.73 bits per heavy atom. The summed E-state index contributed by atoms with van der Waals surface area (Å²) < 4.78 is 11.5. The van der Waals surface area contributed by atoms with Gasteiger partial charge in [0, 0.05) is 12.2 Å². The van der Waals surface area contributed by atoms with Gasteiger partial charge in [-0.2, -0.15) is 0 Å². The van der Waals surface area contributed by atoms with Gasteiger partial charge in [-0.15, -0.1) is 10.2 Å². The first-order valence-electron chi connectivity index (χ1n) is 10.2. The highest BCUT2D eigenvalue weighted by atomic mass is 32.1. The zero-order valence-corrected chi connectivity index (χ0v) is 17.9. The average Bonchev–Trinajstić information content (AvgIpc) is 3.45. The van der Waals surface area contributed by atoms with Crippen LogP contribution in [-0.4, -0.2) is 35.4 Å². The molecule has 1 atom stereocenters. The van der Waals surface area contributed by atoms with Crippen LogP contribution in [0.15, 0.2) is 48.5 Å². The molecule has 1 aromatic heterocycles. The monoisotopic (exact) mass is 423 g/mol. The molecule has 1 N–H and O–H groups in total. The topological polar surface area (TPSA) is 73.3 Å². The molecule has 1 saturated heterocycles. The van der Waals surface area contributed by atoms with Crippen molar-refractivity contribution in [2.75, 3.05) is 18.5 Å². The summed E-state index contributed by atoms with van der Waals surface area (Å²) in [5.74, 6) is 0.751. The van der Waals surface area contributed by atoms with E-state index < -0.39 is 0 Å². The van der Waals surface area contributed by atoms with Crippen LogP contribution >= 0.6 is 11.3 Å². The number of amides is 1. The van der Waals surface area contributed by atoms with Gasteiger partial charge in [-0.25, -0.2) is 0 Å². The van der Waals surface area contributed by atoms with Crippen LogP contribution in [0.3, 0.4) is 0 Å². The van der Waals surface area contributed by atoms with Crippen molar-refractivity contribution < 1.29 is 14.3 Å². The first-order valence-corrected chi connectivity index (χ1v) is 11.0. The van der Waals surface area contributed by atoms with Crippen LogP contribution in [-0.2, 0) is 4.74 Å². The van der Waals surface area contributed by atoms with Crippen molar-refractivity contribution in [3.05, 3.63) is 59.7 Å². The quantitative estimate of drug-likeness (QED) is 0.570. The normalized spacial score (nSPS) is 16.0. The van der Waals surface area contributed by atoms with Crippen molar-refractivity contribution in [1.29, 1.82) is 0 Å². The minimum absolute atomic E-state index is 0.0916. The van der Waals surface area contributed by atoms with Crippen LogP contribution in [0.5, 0.6) is 5.75 Å². The number of hydrogen-bond acceptors (Lipinski definition) is 6. The summed E-state index contributed by atoms with van der Waals surface area (Å²) in [4.78, 5) is 12.8. The van der Waals surface area contributed by atoms with E-state index in [9.17, 15) is 4.79 Å². The molecule has 3 aromatic rings. The van der Waals surface area contributed by atoms with Gasteiger partial charge in [0.05, 0.1) is 11.7 Å². The van der Waals surface area contributed by atoms with Crippen molar-refractivity contribution in [3.8, 4) is 16.3 Å². The molecule has 0 spiro atoms. The maximum absolute atomic E-state index is 12.8. The molecular formula is C23H25N3O3S. The first kappa shape index (κ1) is 20.5. The zero-order valence-electron chi connectivity index (χ0n) is 17.1. The summed E-state index contributed by atoms with van der Waals surface area (Å²) in [7, 11) is 0. The summed E-state index contributed by atoms with van der Waals surface area (Å²) in [6.45, 7) is 5.54. The number of benzene rings is 2. The van der Waals surface area contributed by atoms with Gasteiger partial charge in [0.1, 0.15) is 17.4 Å². The predicted molar refractivity (Wildman–Crippen MR) is 118 cm³/mol. The lowest BCUT2D eigenvalue weighted by Crippen LogP contribution is -2.19. The Bertz CT molecular complexity index is 995. The van der Waals surface area contributed by atoms with Crippen LogP contribution in [0.25, 0.3) is 10.6 Å². The fourth-order valence-corrected chi connectivity index (χ4v) is 4.05. The highest BCUT2D eigenvalue weighted by molar-refractivity contribution is 7.18. The number of hydrogen-bond donors (Lipinski definition) is 1. The Labute approximate surface area is 180 Å². The van der Waals surface area contributed by atoms with Crippen molar-refractivity contribution in [2.45, 2.75) is 38.7 Å². The summed E-state index contributed by atoms with van der Waals surface area (Å²) >= 11 is 1.35. The van der Waals surface area contributed by atoms with E-state index in [-0.39, 0.29) is 12.0 Å². The molecule has 0 radical (unpaired) electrons. The molecule has 2 aromatic carbocycles. The summed E-state index contributed by atoms with van der Waals surface area (Å²) in [6, 6.07) is 15.5. The smallest absolute Gasteiger partial charge is 0.261 e. The number of anilines is 1. The molecule has 1 amide bonds. The molecule has 0 aliphatic carbocycles. The number of nitrogens with one attached hydrogen (secondary N) is 1. The third-order valence-corrected chi connectivity index (χ3v) is 5.94. The van der Waals surface area contributed by atoms with Crippen LogP contribution < -0.4 is 10.1 Å². The summed E-state index contributed by atoms with van der Waals surface area (Å²) in [6.07, 6.45) is 2.13. The van der Waals surface area contributed by atoms with Gasteiger partial charge in [0.2, 0.25) is 5.13 Å². The van der Waals surface area contributed by atoms with E-state index in [0.717, 1.165) is 30.0 Å². The Kier molecular flexibility index (Phi) is 6.40. The maximum Gasteiger partial charge on any atom is 0.261 e. The molecule has 4 rings (SSSR count). The first-order chi connectivity index (χ1) is 14.6. The van der Waals surface area contributed by atoms with E-state index in [1.807, 2.05) is 24.3 Å². The number of rotatable bonds is 7. The Morgan fingerprint density at radius 2 is 2.00 bits per heavy atom. The number of nitrogens with zero attached hydrogens (tertiary/aromatic N) is 2. The molecule has 156 valence electrons. The summed E-state index contributed by atoms with van der Waals surface area (Å²) in [5.41, 5.74) is 2.72. The Morgan fingerprint density at radius 1 is 1.20 bits per heavy atom. The molecule has 30 heavy (non-hydrogen) atoms. The third-order valence-electron chi connectivity index (χ3n) is 5.05. The molecule has 1 unspecified atom stereocenters. The zero-order chi connectivity index (χ0) is 20.9. The van der Waals surface area contributed by atoms with Crippen LogP contribution in [0.2, 0.25) is 0 Å². The minimum atomic E-state index is -0.268. The van der Waals surface area contributed by atoms with Crippen LogP contribution in [0, 0.1) is 0 Å². The fourth-order valence-electron chi connectivity index (χ4n) is 3.30. The number of carbonyl (C=O) groups excluding carboxylic acids is 1. The summed E-state index contributed by atoms with van der Waals surface area (Å²) in [5, 5.41) is 12.4. The van der Waals surface area contributed by atoms with Gasteiger partial charge in [0.15, 0.2) is 0 Å². The van der Waals surface area contributed by atoms with Gasteiger partial charge in [-0.3, -0.25) is 10.1 Å². The molecule has 7 heteroatoms. The van der Waals surface area contributed by atoms with Gasteiger partial charge < -0.3 is 9.47 Å². The van der Waals surface area contributed by atoms with E-state index in [1.54, 1.807) is 12.1 Å². The highest BCUT2D eigenvalue weighted by Crippen LogP contribution is 2.29. The standard InChI is InChI=1S/C23H25N3O3S/c1-15(2)16-9-11-17(12-10-16)22-25-26-23(30-22)24-21(27)19-7-3-4-8-20(19)29-14-18-6-5-13-28-18/h3-4,7-12,15,18H,5-6,13-14H2,1-2H3,(H,24,26,27). The van der Waals surface area contributed by atoms with Gasteiger partial charge in [-0.1, -0.05) is 61.6 Å². The largest absolute Gasteiger partial charge is 0.490 e. The second-order valence-corrected chi connectivity index (χ2v) is 8.56. The average molecular weight is 424 g/mol. The third kappa shape index (κ3) is 4.86. The van der Waals surface area contributed by atoms with Crippen molar-refractivity contribution in [3.63, 3.8) is 0 Å². The lowest BCUT2D eigenvalue weighted by molar-refractivity contribution is 0.0673. The van der Waals surface area contributed by atoms with Crippen molar-refractivity contribution in [2.24, 2.45) is 0 Å². The van der Waals surface area contributed by atoms with Crippen LogP contribution in [0.1, 0.15) is 48.5 Å². The molecule has 1 fully saturated rings. The molecule has 0 bridgehead atoms. The minimum Gasteiger partial charge on any atom is -0.490 e. The second kappa shape index (κ2) is 9.36. The second-order valence-electron chi connectivity index (χ2n) is 7.59. The molecule has 1 aliphatic rings. The van der Waals surface area contributed by atoms with Gasteiger partial charge in [-0.05, 0) is 36.5 Å². The van der Waals surface area contributed by atoms with Gasteiger partial charge >= 0.3 is 0 Å². The van der Waals surface area contributed by atoms with E-state index >= 15 is 0 Å². The van der Waals surface area contributed by atoms with Gasteiger partial charge in [0.25, 0.3) is 5.91 Å². The molecular weight excluding hydrogens is 398 g/mol. The van der Waals surface area contributed by atoms with E-state index in [1.165, 1.54) is 16.9 Å². The van der Waals surface area contributed by atoms with E-state index in [0.29, 0.717) is 29.0 Å². The number of aromatic nitrogens is 2. The molecule has 0 saturated carbocycles. The predicted octanol–water partition coefficient (Wildman–Crippen LogP) is 5.14. The lowest BCUT2D eigenvalue weighted by atomic mass is 10.0. The Hall–Kier alpha value is -2.77. The van der Waals surface area contributed by atoms with E-state index in [4.69, 9.17) is 9.47 Å². The van der Waals surface area contributed by atoms with Crippen LogP contribution in [0.4, 0.5) is 5.13 Å². The maximum atomic E-state index is 12.8. The van der Waals surface area contributed by atoms with Crippen molar-refractivity contribution in [1.82, 2.24) is 10.2 Å². The molecule has 6 nitrogen and oxygen atoms in total. The van der Waals surface area contributed by atoms with E-state index in [2.05, 4.69) is 41.5 Å². The number of ether oxygens (including phenoxy) is 2. The number of para-hydroxylation sites is 1. The fraction of sp³-hybridized carbons (Fsp3) is 0.348. The Balaban J connectivity index is 1.43. The van der Waals surface area contributed by atoms with Crippen molar-refractivity contribution >= 4 is 22.4 Å².